The highest BCUT2D eigenvalue weighted by molar-refractivity contribution is 6.00. The molecule has 0 spiro atoms. The standard InChI is InChI=1S/C5H6O.C3H5F.CH4/c1-4-2-3-5(4)6;1-3(2)4;/h1-3H2;1H2,2H3;1H4. The molecular formula is C9H15FO. The Hall–Kier alpha value is -0.920. The molecule has 0 aromatic carbocycles. The van der Waals surface area contributed by atoms with Crippen LogP contribution < -0.4 is 0 Å². The van der Waals surface area contributed by atoms with Gasteiger partial charge in [0, 0.05) is 6.42 Å². The van der Waals surface area contributed by atoms with Crippen molar-refractivity contribution >= 4 is 5.78 Å². The van der Waals surface area contributed by atoms with Gasteiger partial charge in [0.15, 0.2) is 5.78 Å². The van der Waals surface area contributed by atoms with E-state index in [1.54, 1.807) is 0 Å². The molecule has 0 aromatic heterocycles. The number of carbonyl (C=O) groups excluding carboxylic acids is 1. The van der Waals surface area contributed by atoms with Crippen LogP contribution in [0.3, 0.4) is 0 Å². The SMILES string of the molecule is C.C=C(C)F.C=C1CCC1=O. The van der Waals surface area contributed by atoms with Crippen LogP contribution in [-0.4, -0.2) is 5.78 Å². The molecule has 2 heteroatoms. The molecule has 64 valence electrons. The number of allylic oxidation sites excluding steroid dienone is 2. The van der Waals surface area contributed by atoms with Gasteiger partial charge < -0.3 is 0 Å². The van der Waals surface area contributed by atoms with Gasteiger partial charge in [-0.2, -0.15) is 0 Å². The van der Waals surface area contributed by atoms with Crippen molar-refractivity contribution in [3.8, 4) is 0 Å². The maximum Gasteiger partial charge on any atom is 0.158 e. The fraction of sp³-hybridized carbons (Fsp3) is 0.444. The minimum Gasteiger partial charge on any atom is -0.295 e. The number of rotatable bonds is 0. The number of hydrogen-bond donors (Lipinski definition) is 0. The van der Waals surface area contributed by atoms with Gasteiger partial charge in [0.05, 0.1) is 5.83 Å². The number of carbonyl (C=O) groups is 1. The van der Waals surface area contributed by atoms with Crippen molar-refractivity contribution in [1.29, 1.82) is 0 Å². The molecule has 0 aromatic rings. The van der Waals surface area contributed by atoms with E-state index in [-0.39, 0.29) is 19.0 Å². The smallest absolute Gasteiger partial charge is 0.158 e. The second-order valence-electron chi connectivity index (χ2n) is 2.20. The second kappa shape index (κ2) is 5.83. The molecule has 0 bridgehead atoms. The van der Waals surface area contributed by atoms with E-state index in [1.807, 2.05) is 0 Å². The minimum absolute atomic E-state index is 0. The maximum absolute atomic E-state index is 10.8. The lowest BCUT2D eigenvalue weighted by molar-refractivity contribution is -0.118. The van der Waals surface area contributed by atoms with Gasteiger partial charge in [-0.3, -0.25) is 4.79 Å². The molecule has 0 unspecified atom stereocenters. The Morgan fingerprint density at radius 1 is 1.55 bits per heavy atom. The summed E-state index contributed by atoms with van der Waals surface area (Å²) in [5, 5.41) is 0. The lowest BCUT2D eigenvalue weighted by Crippen LogP contribution is -2.11. The molecule has 1 aliphatic carbocycles. The molecule has 0 heterocycles. The van der Waals surface area contributed by atoms with Crippen LogP contribution in [0, 0.1) is 0 Å². The molecule has 0 aliphatic heterocycles. The van der Waals surface area contributed by atoms with Crippen molar-refractivity contribution in [3.63, 3.8) is 0 Å². The normalized spacial score (nSPS) is 13.6. The van der Waals surface area contributed by atoms with E-state index in [0.29, 0.717) is 0 Å². The largest absolute Gasteiger partial charge is 0.295 e. The lowest BCUT2D eigenvalue weighted by atomic mass is 9.93. The molecule has 0 N–H and O–H groups in total. The fourth-order valence-electron chi connectivity index (χ4n) is 0.404. The Balaban J connectivity index is 0. The summed E-state index contributed by atoms with van der Waals surface area (Å²) in [6.07, 6.45) is 1.66. The number of Topliss-reactive ketones (excluding diaryl/α,β-unsaturated/α-hetero) is 1. The molecule has 0 amide bonds. The third-order valence-corrected chi connectivity index (χ3v) is 1.05. The van der Waals surface area contributed by atoms with Crippen molar-refractivity contribution in [1.82, 2.24) is 0 Å². The summed E-state index contributed by atoms with van der Waals surface area (Å²) in [4.78, 5) is 10.1. The number of halogens is 1. The topological polar surface area (TPSA) is 17.1 Å². The first kappa shape index (κ1) is 12.7. The van der Waals surface area contributed by atoms with Crippen LogP contribution in [0.2, 0.25) is 0 Å². The molecule has 1 nitrogen and oxygen atoms in total. The average molecular weight is 158 g/mol. The second-order valence-corrected chi connectivity index (χ2v) is 2.20. The molecule has 1 fully saturated rings. The van der Waals surface area contributed by atoms with E-state index >= 15 is 0 Å². The average Bonchev–Trinajstić information content (AvgIpc) is 1.83. The fourth-order valence-corrected chi connectivity index (χ4v) is 0.404. The Bertz CT molecular complexity index is 152. The third kappa shape index (κ3) is 6.97. The summed E-state index contributed by atoms with van der Waals surface area (Å²) in [7, 11) is 0. The molecule has 11 heavy (non-hydrogen) atoms. The molecule has 1 rings (SSSR count). The van der Waals surface area contributed by atoms with E-state index in [4.69, 9.17) is 0 Å². The highest BCUT2D eigenvalue weighted by Crippen LogP contribution is 2.17. The highest BCUT2D eigenvalue weighted by Gasteiger charge is 2.16. The summed E-state index contributed by atoms with van der Waals surface area (Å²) in [5.41, 5.74) is 0.801. The van der Waals surface area contributed by atoms with Crippen molar-refractivity contribution in [3.05, 3.63) is 24.6 Å². The van der Waals surface area contributed by atoms with Crippen molar-refractivity contribution in [2.45, 2.75) is 27.2 Å². The minimum atomic E-state index is -0.333. The number of hydrogen-bond acceptors (Lipinski definition) is 1. The number of ketones is 1. The highest BCUT2D eigenvalue weighted by atomic mass is 19.1. The van der Waals surface area contributed by atoms with E-state index in [1.165, 1.54) is 6.92 Å². The van der Waals surface area contributed by atoms with Crippen molar-refractivity contribution in [2.75, 3.05) is 0 Å². The van der Waals surface area contributed by atoms with Gasteiger partial charge in [0.2, 0.25) is 0 Å². The van der Waals surface area contributed by atoms with E-state index in [0.717, 1.165) is 18.4 Å². The summed E-state index contributed by atoms with van der Waals surface area (Å²) in [6, 6.07) is 0. The van der Waals surface area contributed by atoms with Crippen LogP contribution >= 0.6 is 0 Å². The zero-order chi connectivity index (χ0) is 8.15. The van der Waals surface area contributed by atoms with Gasteiger partial charge in [0.25, 0.3) is 0 Å². The van der Waals surface area contributed by atoms with E-state index < -0.39 is 0 Å². The third-order valence-electron chi connectivity index (χ3n) is 1.05. The Labute approximate surface area is 67.6 Å². The predicted molar refractivity (Wildman–Crippen MR) is 46.0 cm³/mol. The van der Waals surface area contributed by atoms with E-state index in [9.17, 15) is 9.18 Å². The van der Waals surface area contributed by atoms with Gasteiger partial charge >= 0.3 is 0 Å². The van der Waals surface area contributed by atoms with Gasteiger partial charge in [-0.15, -0.1) is 0 Å². The van der Waals surface area contributed by atoms with Crippen molar-refractivity contribution in [2.24, 2.45) is 0 Å². The Morgan fingerprint density at radius 3 is 1.82 bits per heavy atom. The monoisotopic (exact) mass is 158 g/mol. The summed E-state index contributed by atoms with van der Waals surface area (Å²) < 4.78 is 10.8. The zero-order valence-corrected chi connectivity index (χ0v) is 6.11. The van der Waals surface area contributed by atoms with Crippen LogP contribution in [0.25, 0.3) is 0 Å². The summed E-state index contributed by atoms with van der Waals surface area (Å²) >= 11 is 0. The zero-order valence-electron chi connectivity index (χ0n) is 6.11. The lowest BCUT2D eigenvalue weighted by Gasteiger charge is -2.10. The van der Waals surface area contributed by atoms with Crippen LogP contribution in [0.5, 0.6) is 0 Å². The van der Waals surface area contributed by atoms with Crippen LogP contribution in [0.1, 0.15) is 27.2 Å². The van der Waals surface area contributed by atoms with Gasteiger partial charge in [-0.05, 0) is 18.9 Å². The maximum atomic E-state index is 10.8. The predicted octanol–water partition coefficient (Wildman–Crippen LogP) is 3.03. The van der Waals surface area contributed by atoms with E-state index in [2.05, 4.69) is 13.2 Å². The van der Waals surface area contributed by atoms with Crippen LogP contribution in [-0.2, 0) is 4.79 Å². The molecular weight excluding hydrogens is 143 g/mol. The Morgan fingerprint density at radius 2 is 1.82 bits per heavy atom. The summed E-state index contributed by atoms with van der Waals surface area (Å²) in [6.45, 7) is 7.69. The van der Waals surface area contributed by atoms with Crippen molar-refractivity contribution < 1.29 is 9.18 Å². The van der Waals surface area contributed by atoms with Gasteiger partial charge in [0.1, 0.15) is 0 Å². The first-order chi connectivity index (χ1) is 4.54. The van der Waals surface area contributed by atoms with Crippen LogP contribution in [0.15, 0.2) is 24.6 Å². The molecule has 0 atom stereocenters. The quantitative estimate of drug-likeness (QED) is 0.495. The van der Waals surface area contributed by atoms with Gasteiger partial charge in [-0.25, -0.2) is 4.39 Å². The molecule has 0 radical (unpaired) electrons. The van der Waals surface area contributed by atoms with Gasteiger partial charge in [-0.1, -0.05) is 20.6 Å². The molecule has 1 aliphatic rings. The molecule has 0 saturated heterocycles. The first-order valence-corrected chi connectivity index (χ1v) is 3.06. The summed E-state index contributed by atoms with van der Waals surface area (Å²) in [5.74, 6) is -0.0880. The van der Waals surface area contributed by atoms with Crippen LogP contribution in [0.4, 0.5) is 4.39 Å². The molecule has 1 saturated carbocycles. The first-order valence-electron chi connectivity index (χ1n) is 3.06. The Kier molecular flexibility index (Phi) is 6.75.